The Morgan fingerprint density at radius 3 is 2.80 bits per heavy atom. The van der Waals surface area contributed by atoms with Crippen LogP contribution in [0.25, 0.3) is 0 Å². The van der Waals surface area contributed by atoms with Gasteiger partial charge in [0.2, 0.25) is 11.8 Å². The van der Waals surface area contributed by atoms with Crippen molar-refractivity contribution < 1.29 is 8.94 Å². The van der Waals surface area contributed by atoms with Gasteiger partial charge in [0.25, 0.3) is 5.22 Å². The van der Waals surface area contributed by atoms with Crippen molar-refractivity contribution in [1.82, 2.24) is 20.3 Å². The van der Waals surface area contributed by atoms with Gasteiger partial charge in [-0.2, -0.15) is 4.98 Å². The molecule has 0 radical (unpaired) electrons. The lowest BCUT2D eigenvalue weighted by molar-refractivity contribution is 0.334. The van der Waals surface area contributed by atoms with Crippen molar-refractivity contribution in [2.24, 2.45) is 0 Å². The highest BCUT2D eigenvalue weighted by atomic mass is 32.2. The van der Waals surface area contributed by atoms with Crippen LogP contribution in [0.15, 0.2) is 14.2 Å². The number of rotatable bonds is 5. The number of thioether (sulfide) groups is 1. The molecule has 0 aromatic carbocycles. The SMILES string of the molecule is CCc1noc(CSc2nnc(C3CCCCC3)o2)n1. The quantitative estimate of drug-likeness (QED) is 0.782. The van der Waals surface area contributed by atoms with Crippen LogP contribution in [0, 0.1) is 0 Å². The molecule has 6 nitrogen and oxygen atoms in total. The van der Waals surface area contributed by atoms with Gasteiger partial charge >= 0.3 is 0 Å². The third-order valence-electron chi connectivity index (χ3n) is 3.52. The summed E-state index contributed by atoms with van der Waals surface area (Å²) in [5.41, 5.74) is 0. The van der Waals surface area contributed by atoms with Crippen molar-refractivity contribution in [2.75, 3.05) is 0 Å². The van der Waals surface area contributed by atoms with Gasteiger partial charge in [-0.3, -0.25) is 0 Å². The number of aromatic nitrogens is 4. The number of nitrogens with zero attached hydrogens (tertiary/aromatic N) is 4. The Balaban J connectivity index is 1.56. The summed E-state index contributed by atoms with van der Waals surface area (Å²) in [6.45, 7) is 2.00. The van der Waals surface area contributed by atoms with Crippen LogP contribution >= 0.6 is 11.8 Å². The van der Waals surface area contributed by atoms with E-state index in [1.54, 1.807) is 0 Å². The van der Waals surface area contributed by atoms with Gasteiger partial charge in [-0.15, -0.1) is 10.2 Å². The highest BCUT2D eigenvalue weighted by molar-refractivity contribution is 7.98. The molecule has 2 aromatic heterocycles. The summed E-state index contributed by atoms with van der Waals surface area (Å²) in [5.74, 6) is 3.13. The fourth-order valence-electron chi connectivity index (χ4n) is 2.41. The van der Waals surface area contributed by atoms with Gasteiger partial charge in [0.1, 0.15) is 0 Å². The van der Waals surface area contributed by atoms with E-state index in [4.69, 9.17) is 8.94 Å². The molecular formula is C13H18N4O2S. The van der Waals surface area contributed by atoms with E-state index in [0.29, 0.717) is 22.8 Å². The normalized spacial score (nSPS) is 16.6. The molecule has 0 amide bonds. The molecule has 0 saturated heterocycles. The molecule has 0 N–H and O–H groups in total. The predicted octanol–water partition coefficient (Wildman–Crippen LogP) is 3.36. The largest absolute Gasteiger partial charge is 0.416 e. The zero-order chi connectivity index (χ0) is 13.8. The van der Waals surface area contributed by atoms with Crippen LogP contribution in [0.4, 0.5) is 0 Å². The van der Waals surface area contributed by atoms with Crippen LogP contribution in [0.3, 0.4) is 0 Å². The van der Waals surface area contributed by atoms with Crippen molar-refractivity contribution in [2.45, 2.75) is 62.3 Å². The van der Waals surface area contributed by atoms with E-state index in [9.17, 15) is 0 Å². The molecule has 1 fully saturated rings. The van der Waals surface area contributed by atoms with E-state index >= 15 is 0 Å². The van der Waals surface area contributed by atoms with E-state index in [1.807, 2.05) is 6.92 Å². The summed E-state index contributed by atoms with van der Waals surface area (Å²) in [4.78, 5) is 4.25. The second-order valence-corrected chi connectivity index (χ2v) is 5.91. The summed E-state index contributed by atoms with van der Waals surface area (Å²) in [7, 11) is 0. The fraction of sp³-hybridized carbons (Fsp3) is 0.692. The molecule has 20 heavy (non-hydrogen) atoms. The van der Waals surface area contributed by atoms with Crippen LogP contribution < -0.4 is 0 Å². The average Bonchev–Trinajstić information content (AvgIpc) is 3.15. The summed E-state index contributed by atoms with van der Waals surface area (Å²) in [5, 5.41) is 12.7. The Kier molecular flexibility index (Phi) is 4.34. The van der Waals surface area contributed by atoms with Gasteiger partial charge in [-0.25, -0.2) is 0 Å². The first-order chi connectivity index (χ1) is 9.85. The first-order valence-corrected chi connectivity index (χ1v) is 8.11. The maximum absolute atomic E-state index is 5.73. The molecule has 2 aromatic rings. The third-order valence-corrected chi connectivity index (χ3v) is 4.33. The number of hydrogen-bond acceptors (Lipinski definition) is 7. The minimum Gasteiger partial charge on any atom is -0.416 e. The van der Waals surface area contributed by atoms with E-state index in [1.165, 1.54) is 31.0 Å². The van der Waals surface area contributed by atoms with Gasteiger partial charge < -0.3 is 8.94 Å². The second kappa shape index (κ2) is 6.39. The minimum absolute atomic E-state index is 0.445. The van der Waals surface area contributed by atoms with Gasteiger partial charge in [-0.05, 0) is 12.8 Å². The lowest BCUT2D eigenvalue weighted by atomic mass is 9.89. The van der Waals surface area contributed by atoms with Crippen LogP contribution in [-0.2, 0) is 12.2 Å². The summed E-state index contributed by atoms with van der Waals surface area (Å²) in [6, 6.07) is 0. The van der Waals surface area contributed by atoms with Crippen LogP contribution in [0.1, 0.15) is 62.6 Å². The highest BCUT2D eigenvalue weighted by Crippen LogP contribution is 2.33. The lowest BCUT2D eigenvalue weighted by Gasteiger charge is -2.17. The summed E-state index contributed by atoms with van der Waals surface area (Å²) in [6.07, 6.45) is 6.95. The highest BCUT2D eigenvalue weighted by Gasteiger charge is 2.21. The molecule has 0 unspecified atom stereocenters. The minimum atomic E-state index is 0.445. The van der Waals surface area contributed by atoms with Crippen molar-refractivity contribution in [3.05, 3.63) is 17.6 Å². The zero-order valence-corrected chi connectivity index (χ0v) is 12.4. The molecule has 1 aliphatic carbocycles. The van der Waals surface area contributed by atoms with Crippen molar-refractivity contribution in [3.63, 3.8) is 0 Å². The van der Waals surface area contributed by atoms with E-state index in [-0.39, 0.29) is 0 Å². The van der Waals surface area contributed by atoms with Crippen LogP contribution in [-0.4, -0.2) is 20.3 Å². The summed E-state index contributed by atoms with van der Waals surface area (Å²) >= 11 is 1.45. The van der Waals surface area contributed by atoms with Gasteiger partial charge in [-0.1, -0.05) is 43.1 Å². The Morgan fingerprint density at radius 2 is 2.05 bits per heavy atom. The molecule has 3 rings (SSSR count). The average molecular weight is 294 g/mol. The van der Waals surface area contributed by atoms with Crippen molar-refractivity contribution in [1.29, 1.82) is 0 Å². The molecule has 2 heterocycles. The Labute approximate surface area is 121 Å². The maximum Gasteiger partial charge on any atom is 0.277 e. The predicted molar refractivity (Wildman–Crippen MR) is 73.4 cm³/mol. The molecule has 0 bridgehead atoms. The summed E-state index contributed by atoms with van der Waals surface area (Å²) < 4.78 is 10.9. The van der Waals surface area contributed by atoms with Gasteiger partial charge in [0, 0.05) is 12.3 Å². The fourth-order valence-corrected chi connectivity index (χ4v) is 3.02. The smallest absolute Gasteiger partial charge is 0.277 e. The van der Waals surface area contributed by atoms with Gasteiger partial charge in [0.15, 0.2) is 5.82 Å². The van der Waals surface area contributed by atoms with Crippen molar-refractivity contribution >= 4 is 11.8 Å². The van der Waals surface area contributed by atoms with E-state index in [2.05, 4.69) is 20.3 Å². The molecule has 7 heteroatoms. The zero-order valence-electron chi connectivity index (χ0n) is 11.5. The molecule has 0 atom stereocenters. The standard InChI is InChI=1S/C13H18N4O2S/c1-2-10-14-11(19-17-10)8-20-13-16-15-12(18-13)9-6-4-3-5-7-9/h9H,2-8H2,1H3. The Morgan fingerprint density at radius 1 is 1.20 bits per heavy atom. The molecule has 1 aliphatic rings. The number of aryl methyl sites for hydroxylation is 1. The van der Waals surface area contributed by atoms with Crippen LogP contribution in [0.5, 0.6) is 0 Å². The molecular weight excluding hydrogens is 276 g/mol. The molecule has 108 valence electrons. The molecule has 1 saturated carbocycles. The van der Waals surface area contributed by atoms with Crippen LogP contribution in [0.2, 0.25) is 0 Å². The lowest BCUT2D eigenvalue weighted by Crippen LogP contribution is -2.04. The number of hydrogen-bond donors (Lipinski definition) is 0. The Bertz CT molecular complexity index is 548. The first-order valence-electron chi connectivity index (χ1n) is 7.13. The van der Waals surface area contributed by atoms with E-state index < -0.39 is 0 Å². The maximum atomic E-state index is 5.73. The first kappa shape index (κ1) is 13.6. The Hall–Kier alpha value is -1.37. The third kappa shape index (κ3) is 3.20. The van der Waals surface area contributed by atoms with Crippen molar-refractivity contribution in [3.8, 4) is 0 Å². The topological polar surface area (TPSA) is 77.8 Å². The monoisotopic (exact) mass is 294 g/mol. The molecule has 0 aliphatic heterocycles. The molecule has 0 spiro atoms. The van der Waals surface area contributed by atoms with Gasteiger partial charge in [0.05, 0.1) is 5.75 Å². The van der Waals surface area contributed by atoms with E-state index in [0.717, 1.165) is 31.0 Å². The second-order valence-electron chi connectivity index (χ2n) is 4.99.